The Morgan fingerprint density at radius 2 is 2.20 bits per heavy atom. The fourth-order valence-electron chi connectivity index (χ4n) is 1.04. The lowest BCUT2D eigenvalue weighted by atomic mass is 10.1. The van der Waals surface area contributed by atoms with Crippen LogP contribution in [0.1, 0.15) is 10.4 Å². The molecule has 0 spiro atoms. The van der Waals surface area contributed by atoms with Gasteiger partial charge in [-0.05, 0) is 6.07 Å². The van der Waals surface area contributed by atoms with Gasteiger partial charge >= 0.3 is 0 Å². The number of benzene rings is 1. The van der Waals surface area contributed by atoms with Gasteiger partial charge in [0.2, 0.25) is 0 Å². The third-order valence-corrected chi connectivity index (χ3v) is 1.94. The highest BCUT2D eigenvalue weighted by Gasteiger charge is 2.26. The first kappa shape index (κ1) is 11.4. The van der Waals surface area contributed by atoms with Crippen LogP contribution in [0.3, 0.4) is 0 Å². The van der Waals surface area contributed by atoms with E-state index < -0.39 is 39.4 Å². The van der Waals surface area contributed by atoms with Crippen molar-refractivity contribution in [3.05, 3.63) is 33.6 Å². The molecule has 0 amide bonds. The number of carbonyl (C=O) groups is 1. The maximum absolute atomic E-state index is 13.2. The van der Waals surface area contributed by atoms with Crippen molar-refractivity contribution in [2.45, 2.75) is 0 Å². The number of carbonyl (C=O) groups excluding carboxylic acids is 1. The van der Waals surface area contributed by atoms with Gasteiger partial charge in [-0.2, -0.15) is 0 Å². The first-order valence-electron chi connectivity index (χ1n) is 3.74. The number of hydrogen-bond acceptors (Lipinski definition) is 4. The van der Waals surface area contributed by atoms with E-state index in [2.05, 4.69) is 0 Å². The molecule has 0 heterocycles. The molecule has 0 aliphatic carbocycles. The van der Waals surface area contributed by atoms with E-state index in [9.17, 15) is 19.3 Å². The zero-order valence-corrected chi connectivity index (χ0v) is 7.99. The second kappa shape index (κ2) is 4.22. The summed E-state index contributed by atoms with van der Waals surface area (Å²) in [6.45, 7) is 0. The smallest absolute Gasteiger partial charge is 0.283 e. The Kier molecular flexibility index (Phi) is 3.21. The number of halogens is 2. The van der Waals surface area contributed by atoms with E-state index in [-0.39, 0.29) is 0 Å². The molecule has 0 saturated carbocycles. The monoisotopic (exact) mass is 233 g/mol. The third kappa shape index (κ3) is 2.04. The summed E-state index contributed by atoms with van der Waals surface area (Å²) in [5.74, 6) is -3.69. The molecule has 1 rings (SSSR count). The summed E-state index contributed by atoms with van der Waals surface area (Å²) in [6.07, 6.45) is 0. The van der Waals surface area contributed by atoms with E-state index in [1.54, 1.807) is 0 Å². The van der Waals surface area contributed by atoms with Crippen LogP contribution >= 0.6 is 11.6 Å². The lowest BCUT2D eigenvalue weighted by Crippen LogP contribution is -2.08. The molecule has 80 valence electrons. The highest BCUT2D eigenvalue weighted by molar-refractivity contribution is 6.31. The summed E-state index contributed by atoms with van der Waals surface area (Å²) < 4.78 is 13.2. The highest BCUT2D eigenvalue weighted by Crippen LogP contribution is 2.28. The van der Waals surface area contributed by atoms with Crippen LogP contribution in [0.15, 0.2) is 12.1 Å². The van der Waals surface area contributed by atoms with Crippen molar-refractivity contribution >= 4 is 23.1 Å². The Morgan fingerprint density at radius 1 is 1.60 bits per heavy atom. The van der Waals surface area contributed by atoms with E-state index >= 15 is 0 Å². The number of hydrogen-bond donors (Lipinski definition) is 1. The summed E-state index contributed by atoms with van der Waals surface area (Å²) in [5.41, 5.74) is -1.51. The molecule has 0 aromatic heterocycles. The van der Waals surface area contributed by atoms with E-state index in [1.807, 2.05) is 0 Å². The standard InChI is InChI=1S/C8H5ClFNO4/c9-3-6(13)7-4(11(14)15)1-2-5(12)8(7)10/h1-2,12H,3H2. The maximum atomic E-state index is 13.2. The molecule has 0 aliphatic heterocycles. The van der Waals surface area contributed by atoms with Crippen molar-refractivity contribution in [3.8, 4) is 5.75 Å². The minimum absolute atomic E-state index is 0.596. The summed E-state index contributed by atoms with van der Waals surface area (Å²) in [5, 5.41) is 19.4. The van der Waals surface area contributed by atoms with Gasteiger partial charge in [-0.3, -0.25) is 14.9 Å². The number of nitro groups is 1. The predicted octanol–water partition coefficient (Wildman–Crippen LogP) is 1.86. The van der Waals surface area contributed by atoms with Gasteiger partial charge in [-0.25, -0.2) is 4.39 Å². The lowest BCUT2D eigenvalue weighted by molar-refractivity contribution is -0.385. The third-order valence-electron chi connectivity index (χ3n) is 1.70. The first-order valence-corrected chi connectivity index (χ1v) is 4.27. The summed E-state index contributed by atoms with van der Waals surface area (Å²) >= 11 is 5.17. The average molecular weight is 234 g/mol. The van der Waals surface area contributed by atoms with Gasteiger partial charge in [0.25, 0.3) is 5.69 Å². The number of rotatable bonds is 3. The molecule has 7 heteroatoms. The van der Waals surface area contributed by atoms with Crippen LogP contribution in [0.2, 0.25) is 0 Å². The zero-order chi connectivity index (χ0) is 11.6. The van der Waals surface area contributed by atoms with Gasteiger partial charge in [0.05, 0.1) is 10.8 Å². The van der Waals surface area contributed by atoms with Gasteiger partial charge in [-0.15, -0.1) is 11.6 Å². The minimum atomic E-state index is -1.32. The number of nitrogens with zero attached hydrogens (tertiary/aromatic N) is 1. The Morgan fingerprint density at radius 3 is 2.67 bits per heavy atom. The van der Waals surface area contributed by atoms with Gasteiger partial charge in [0.15, 0.2) is 17.3 Å². The van der Waals surface area contributed by atoms with Gasteiger partial charge < -0.3 is 5.11 Å². The first-order chi connectivity index (χ1) is 6.99. The van der Waals surface area contributed by atoms with Crippen LogP contribution in [0, 0.1) is 15.9 Å². The van der Waals surface area contributed by atoms with Crippen molar-refractivity contribution in [1.29, 1.82) is 0 Å². The van der Waals surface area contributed by atoms with Gasteiger partial charge in [-0.1, -0.05) is 0 Å². The largest absolute Gasteiger partial charge is 0.505 e. The number of phenols is 1. The fourth-order valence-corrected chi connectivity index (χ4v) is 1.17. The molecule has 0 aliphatic rings. The number of phenolic OH excluding ortho intramolecular Hbond substituents is 1. The molecule has 5 nitrogen and oxygen atoms in total. The molecule has 0 unspecified atom stereocenters. The van der Waals surface area contributed by atoms with Crippen molar-refractivity contribution in [3.63, 3.8) is 0 Å². The Bertz CT molecular complexity index is 435. The summed E-state index contributed by atoms with van der Waals surface area (Å²) in [7, 11) is 0. The lowest BCUT2D eigenvalue weighted by Gasteiger charge is -2.02. The SMILES string of the molecule is O=C(CCl)c1c([N+](=O)[O-])ccc(O)c1F. The number of alkyl halides is 1. The molecule has 0 radical (unpaired) electrons. The van der Waals surface area contributed by atoms with E-state index in [0.717, 1.165) is 12.1 Å². The van der Waals surface area contributed by atoms with Gasteiger partial charge in [0, 0.05) is 6.07 Å². The molecule has 1 N–H and O–H groups in total. The molecular formula is C8H5ClFNO4. The number of ketones is 1. The fraction of sp³-hybridized carbons (Fsp3) is 0.125. The van der Waals surface area contributed by atoms with Crippen LogP contribution in [0.5, 0.6) is 5.75 Å². The molecule has 0 bridgehead atoms. The topological polar surface area (TPSA) is 80.4 Å². The predicted molar refractivity (Wildman–Crippen MR) is 49.8 cm³/mol. The number of Topliss-reactive ketones (excluding diaryl/α,β-unsaturated/α-hetero) is 1. The van der Waals surface area contributed by atoms with Crippen LogP contribution in [0.25, 0.3) is 0 Å². The molecule has 0 saturated heterocycles. The molecular weight excluding hydrogens is 229 g/mol. The van der Waals surface area contributed by atoms with Crippen molar-refractivity contribution in [2.75, 3.05) is 5.88 Å². The zero-order valence-electron chi connectivity index (χ0n) is 7.24. The molecule has 1 aromatic carbocycles. The van der Waals surface area contributed by atoms with Crippen LogP contribution in [-0.2, 0) is 0 Å². The Balaban J connectivity index is 3.48. The van der Waals surface area contributed by atoms with Crippen molar-refractivity contribution in [1.82, 2.24) is 0 Å². The van der Waals surface area contributed by atoms with Crippen LogP contribution in [-0.4, -0.2) is 21.7 Å². The van der Waals surface area contributed by atoms with Crippen molar-refractivity contribution < 1.29 is 19.2 Å². The van der Waals surface area contributed by atoms with E-state index in [4.69, 9.17) is 16.7 Å². The second-order valence-corrected chi connectivity index (χ2v) is 2.87. The average Bonchev–Trinajstić information content (AvgIpc) is 2.20. The molecule has 0 atom stereocenters. The number of nitro benzene ring substituents is 1. The Labute approximate surface area is 88.2 Å². The number of aromatic hydroxyl groups is 1. The van der Waals surface area contributed by atoms with Crippen molar-refractivity contribution in [2.24, 2.45) is 0 Å². The quantitative estimate of drug-likeness (QED) is 0.374. The normalized spacial score (nSPS) is 10.0. The molecule has 1 aromatic rings. The molecule has 15 heavy (non-hydrogen) atoms. The van der Waals surface area contributed by atoms with Gasteiger partial charge in [0.1, 0.15) is 5.56 Å². The van der Waals surface area contributed by atoms with Crippen LogP contribution < -0.4 is 0 Å². The maximum Gasteiger partial charge on any atom is 0.283 e. The second-order valence-electron chi connectivity index (χ2n) is 2.61. The highest BCUT2D eigenvalue weighted by atomic mass is 35.5. The molecule has 0 fully saturated rings. The van der Waals surface area contributed by atoms with Crippen LogP contribution in [0.4, 0.5) is 10.1 Å². The van der Waals surface area contributed by atoms with E-state index in [0.29, 0.717) is 0 Å². The Hall–Kier alpha value is -1.69. The van der Waals surface area contributed by atoms with E-state index in [1.165, 1.54) is 0 Å². The minimum Gasteiger partial charge on any atom is -0.505 e. The summed E-state index contributed by atoms with van der Waals surface area (Å²) in [6, 6.07) is 1.65. The summed E-state index contributed by atoms with van der Waals surface area (Å²) in [4.78, 5) is 20.7.